The molecule has 2 unspecified atom stereocenters. The summed E-state index contributed by atoms with van der Waals surface area (Å²) in [5.41, 5.74) is 2.87. The molecule has 102 valence electrons. The summed E-state index contributed by atoms with van der Waals surface area (Å²) < 4.78 is 1.42. The quantitative estimate of drug-likeness (QED) is 0.670. The molecular weight excluding hydrogens is 333 g/mol. The number of hydrogen-bond acceptors (Lipinski definition) is 1. The summed E-state index contributed by atoms with van der Waals surface area (Å²) in [6.45, 7) is 10.2. The van der Waals surface area contributed by atoms with E-state index in [1.165, 1.54) is 34.0 Å². The molecule has 1 aromatic rings. The molecule has 0 aliphatic heterocycles. The van der Waals surface area contributed by atoms with E-state index >= 15 is 0 Å². The molecule has 0 amide bonds. The van der Waals surface area contributed by atoms with Gasteiger partial charge in [-0.05, 0) is 65.9 Å². The summed E-state index contributed by atoms with van der Waals surface area (Å²) in [6.07, 6.45) is 3.68. The van der Waals surface area contributed by atoms with Gasteiger partial charge in [-0.15, -0.1) is 0 Å². The van der Waals surface area contributed by atoms with Crippen LogP contribution in [0.4, 0.5) is 0 Å². The SMILES string of the molecule is CCCNC(CC(C)CC)c1cccc(C)c1I. The van der Waals surface area contributed by atoms with Gasteiger partial charge in [0.05, 0.1) is 0 Å². The van der Waals surface area contributed by atoms with Crippen molar-refractivity contribution in [3.63, 3.8) is 0 Å². The molecule has 0 heterocycles. The minimum absolute atomic E-state index is 0.506. The van der Waals surface area contributed by atoms with Crippen molar-refractivity contribution in [3.8, 4) is 0 Å². The monoisotopic (exact) mass is 359 g/mol. The first-order valence-electron chi connectivity index (χ1n) is 7.08. The summed E-state index contributed by atoms with van der Waals surface area (Å²) in [6, 6.07) is 7.17. The zero-order chi connectivity index (χ0) is 13.5. The van der Waals surface area contributed by atoms with Crippen molar-refractivity contribution < 1.29 is 0 Å². The van der Waals surface area contributed by atoms with E-state index in [2.05, 4.69) is 73.8 Å². The lowest BCUT2D eigenvalue weighted by Gasteiger charge is -2.24. The number of rotatable bonds is 7. The highest BCUT2D eigenvalue weighted by molar-refractivity contribution is 14.1. The van der Waals surface area contributed by atoms with Crippen LogP contribution in [0.1, 0.15) is 57.2 Å². The van der Waals surface area contributed by atoms with Crippen molar-refractivity contribution in [2.45, 2.75) is 53.0 Å². The Balaban J connectivity index is 2.90. The van der Waals surface area contributed by atoms with Crippen LogP contribution in [0.2, 0.25) is 0 Å². The van der Waals surface area contributed by atoms with E-state index in [4.69, 9.17) is 0 Å². The van der Waals surface area contributed by atoms with Gasteiger partial charge in [0.15, 0.2) is 0 Å². The van der Waals surface area contributed by atoms with Crippen LogP contribution < -0.4 is 5.32 Å². The molecule has 0 spiro atoms. The Morgan fingerprint density at radius 2 is 2.00 bits per heavy atom. The van der Waals surface area contributed by atoms with E-state index in [1.807, 2.05) is 0 Å². The maximum Gasteiger partial charge on any atom is 0.0333 e. The van der Waals surface area contributed by atoms with Gasteiger partial charge in [0.2, 0.25) is 0 Å². The Hall–Kier alpha value is -0.0900. The van der Waals surface area contributed by atoms with Crippen LogP contribution in [-0.2, 0) is 0 Å². The minimum Gasteiger partial charge on any atom is -0.310 e. The van der Waals surface area contributed by atoms with Gasteiger partial charge < -0.3 is 5.32 Å². The average molecular weight is 359 g/mol. The predicted molar refractivity (Wildman–Crippen MR) is 89.0 cm³/mol. The number of nitrogens with one attached hydrogen (secondary N) is 1. The second kappa shape index (κ2) is 8.16. The highest BCUT2D eigenvalue weighted by Gasteiger charge is 2.16. The van der Waals surface area contributed by atoms with E-state index < -0.39 is 0 Å². The van der Waals surface area contributed by atoms with Gasteiger partial charge in [-0.1, -0.05) is 45.4 Å². The lowest BCUT2D eigenvalue weighted by atomic mass is 9.93. The Morgan fingerprint density at radius 3 is 2.61 bits per heavy atom. The molecule has 1 aromatic carbocycles. The van der Waals surface area contributed by atoms with Crippen LogP contribution in [-0.4, -0.2) is 6.54 Å². The predicted octanol–water partition coefficient (Wildman–Crippen LogP) is 5.08. The van der Waals surface area contributed by atoms with Crippen LogP contribution in [0.15, 0.2) is 18.2 Å². The second-order valence-electron chi connectivity index (χ2n) is 5.23. The fourth-order valence-corrected chi connectivity index (χ4v) is 2.88. The normalized spacial score (nSPS) is 14.5. The first kappa shape index (κ1) is 16.0. The van der Waals surface area contributed by atoms with Crippen molar-refractivity contribution in [2.24, 2.45) is 5.92 Å². The third-order valence-electron chi connectivity index (χ3n) is 3.57. The lowest BCUT2D eigenvalue weighted by Crippen LogP contribution is -2.25. The molecule has 1 rings (SSSR count). The van der Waals surface area contributed by atoms with Crippen LogP contribution in [0.3, 0.4) is 0 Å². The summed E-state index contributed by atoms with van der Waals surface area (Å²) in [7, 11) is 0. The minimum atomic E-state index is 0.506. The number of benzene rings is 1. The summed E-state index contributed by atoms with van der Waals surface area (Å²) in [5.74, 6) is 0.774. The maximum absolute atomic E-state index is 3.71. The molecule has 2 heteroatoms. The smallest absolute Gasteiger partial charge is 0.0333 e. The second-order valence-corrected chi connectivity index (χ2v) is 6.31. The van der Waals surface area contributed by atoms with Gasteiger partial charge in [0.1, 0.15) is 0 Å². The Kier molecular flexibility index (Phi) is 7.23. The maximum atomic E-state index is 3.71. The highest BCUT2D eigenvalue weighted by atomic mass is 127. The molecule has 0 bridgehead atoms. The largest absolute Gasteiger partial charge is 0.310 e. The van der Waals surface area contributed by atoms with Crippen LogP contribution >= 0.6 is 22.6 Å². The topological polar surface area (TPSA) is 12.0 Å². The molecule has 0 aliphatic rings. The molecule has 1 nitrogen and oxygen atoms in total. The van der Waals surface area contributed by atoms with Gasteiger partial charge in [0, 0.05) is 9.61 Å². The van der Waals surface area contributed by atoms with E-state index in [0.717, 1.165) is 12.5 Å². The molecule has 0 fully saturated rings. The first-order chi connectivity index (χ1) is 8.60. The molecule has 18 heavy (non-hydrogen) atoms. The van der Waals surface area contributed by atoms with Gasteiger partial charge in [-0.25, -0.2) is 0 Å². The third kappa shape index (κ3) is 4.54. The zero-order valence-corrected chi connectivity index (χ0v) is 14.3. The Morgan fingerprint density at radius 1 is 1.28 bits per heavy atom. The van der Waals surface area contributed by atoms with Crippen molar-refractivity contribution in [1.82, 2.24) is 5.32 Å². The van der Waals surface area contributed by atoms with Crippen LogP contribution in [0, 0.1) is 16.4 Å². The molecule has 1 N–H and O–H groups in total. The summed E-state index contributed by atoms with van der Waals surface area (Å²) in [5, 5.41) is 3.71. The van der Waals surface area contributed by atoms with E-state index in [1.54, 1.807) is 0 Å². The first-order valence-corrected chi connectivity index (χ1v) is 8.16. The summed E-state index contributed by atoms with van der Waals surface area (Å²) >= 11 is 2.49. The molecule has 0 saturated carbocycles. The number of hydrogen-bond donors (Lipinski definition) is 1. The summed E-state index contributed by atoms with van der Waals surface area (Å²) in [4.78, 5) is 0. The van der Waals surface area contributed by atoms with Gasteiger partial charge in [0.25, 0.3) is 0 Å². The fraction of sp³-hybridized carbons (Fsp3) is 0.625. The third-order valence-corrected chi connectivity index (χ3v) is 5.05. The van der Waals surface area contributed by atoms with Crippen LogP contribution in [0.5, 0.6) is 0 Å². The van der Waals surface area contributed by atoms with Crippen molar-refractivity contribution in [1.29, 1.82) is 0 Å². The molecule has 2 atom stereocenters. The van der Waals surface area contributed by atoms with E-state index in [-0.39, 0.29) is 0 Å². The number of aryl methyl sites for hydroxylation is 1. The molecule has 0 aliphatic carbocycles. The lowest BCUT2D eigenvalue weighted by molar-refractivity contribution is 0.401. The number of halogens is 1. The van der Waals surface area contributed by atoms with Crippen molar-refractivity contribution in [2.75, 3.05) is 6.54 Å². The highest BCUT2D eigenvalue weighted by Crippen LogP contribution is 2.28. The average Bonchev–Trinajstić information content (AvgIpc) is 2.37. The molecule has 0 saturated heterocycles. The van der Waals surface area contributed by atoms with Crippen molar-refractivity contribution in [3.05, 3.63) is 32.9 Å². The zero-order valence-electron chi connectivity index (χ0n) is 12.1. The van der Waals surface area contributed by atoms with Gasteiger partial charge >= 0.3 is 0 Å². The Labute approximate surface area is 126 Å². The fourth-order valence-electron chi connectivity index (χ4n) is 2.15. The van der Waals surface area contributed by atoms with E-state index in [0.29, 0.717) is 6.04 Å². The molecule has 0 radical (unpaired) electrons. The standard InChI is InChI=1S/C16H26IN/c1-5-10-18-15(11-12(3)6-2)14-9-7-8-13(4)16(14)17/h7-9,12,15,18H,5-6,10-11H2,1-4H3. The van der Waals surface area contributed by atoms with Gasteiger partial charge in [-0.2, -0.15) is 0 Å². The van der Waals surface area contributed by atoms with E-state index in [9.17, 15) is 0 Å². The van der Waals surface area contributed by atoms with Crippen molar-refractivity contribution >= 4 is 22.6 Å². The molecule has 0 aromatic heterocycles. The van der Waals surface area contributed by atoms with Crippen LogP contribution in [0.25, 0.3) is 0 Å². The molecular formula is C16H26IN. The van der Waals surface area contributed by atoms with Gasteiger partial charge in [-0.3, -0.25) is 0 Å². The Bertz CT molecular complexity index is 362.